The van der Waals surface area contributed by atoms with Gasteiger partial charge in [-0.05, 0) is 0 Å². The predicted octanol–water partition coefficient (Wildman–Crippen LogP) is 1.88. The van der Waals surface area contributed by atoms with Gasteiger partial charge in [-0.15, -0.1) is 0 Å². The number of thiol groups is 1. The standard InChI is InChI=1S/C5H11.H2S.Sb.H/c1-3-5-4-2;;;/h1,3-5H2,2H3;1H2;;/q;;+1;/p-1. The molecule has 0 aromatic heterocycles. The molecule has 0 aromatic carbocycles. The zero-order chi connectivity index (χ0) is 5.54. The molecule has 0 rings (SSSR count). The van der Waals surface area contributed by atoms with Gasteiger partial charge < -0.3 is 0 Å². The third-order valence-corrected chi connectivity index (χ3v) is 4.04. The molecule has 0 unspecified atom stereocenters. The Morgan fingerprint density at radius 3 is 2.57 bits per heavy atom. The van der Waals surface area contributed by atoms with Gasteiger partial charge in [-0.3, -0.25) is 0 Å². The zero-order valence-corrected chi connectivity index (χ0v) is 8.52. The van der Waals surface area contributed by atoms with Gasteiger partial charge in [0.2, 0.25) is 0 Å². The molecule has 0 nitrogen and oxygen atoms in total. The van der Waals surface area contributed by atoms with E-state index < -0.39 is 0 Å². The molecule has 0 radical (unpaired) electrons. The molecular weight excluding hydrogens is 214 g/mol. The Labute approximate surface area is 60.4 Å². The molecule has 0 fully saturated rings. The van der Waals surface area contributed by atoms with Crippen molar-refractivity contribution >= 4 is 29.9 Å². The van der Waals surface area contributed by atoms with Crippen LogP contribution in [0.2, 0.25) is 4.37 Å². The molecule has 44 valence electrons. The van der Waals surface area contributed by atoms with Crippen LogP contribution in [0.4, 0.5) is 0 Å². The molecule has 0 amide bonds. The van der Waals surface area contributed by atoms with Crippen LogP contribution in [0.15, 0.2) is 0 Å². The first kappa shape index (κ1) is 8.17. The number of hydrogen-bond donors (Lipinski definition) is 1. The maximum absolute atomic E-state index is 4.26. The van der Waals surface area contributed by atoms with Crippen LogP contribution >= 0.6 is 9.72 Å². The van der Waals surface area contributed by atoms with Crippen molar-refractivity contribution < 1.29 is 0 Å². The molecule has 0 saturated carbocycles. The SMILES string of the molecule is CCCC[CH2][SbH][SH]. The van der Waals surface area contributed by atoms with Gasteiger partial charge >= 0.3 is 60.5 Å². The van der Waals surface area contributed by atoms with E-state index in [1.54, 1.807) is 0 Å². The Morgan fingerprint density at radius 1 is 1.43 bits per heavy atom. The van der Waals surface area contributed by atoms with E-state index in [1.807, 2.05) is 0 Å². The summed E-state index contributed by atoms with van der Waals surface area (Å²) in [5, 5.41) is 0. The summed E-state index contributed by atoms with van der Waals surface area (Å²) in [5.41, 5.74) is 0. The fourth-order valence-electron chi connectivity index (χ4n) is 0.454. The molecule has 2 heteroatoms. The van der Waals surface area contributed by atoms with Crippen LogP contribution in [0.1, 0.15) is 26.2 Å². The van der Waals surface area contributed by atoms with Crippen molar-refractivity contribution in [1.82, 2.24) is 0 Å². The van der Waals surface area contributed by atoms with Crippen LogP contribution in [-0.2, 0) is 0 Å². The Kier molecular flexibility index (Phi) is 8.36. The summed E-state index contributed by atoms with van der Waals surface area (Å²) in [4.78, 5) is 0. The fourth-order valence-corrected chi connectivity index (χ4v) is 2.68. The van der Waals surface area contributed by atoms with E-state index in [-0.39, 0.29) is 20.2 Å². The van der Waals surface area contributed by atoms with Crippen LogP contribution in [-0.4, -0.2) is 20.2 Å². The van der Waals surface area contributed by atoms with E-state index in [2.05, 4.69) is 16.6 Å². The van der Waals surface area contributed by atoms with Crippen LogP contribution in [0.5, 0.6) is 0 Å². The third kappa shape index (κ3) is 7.17. The Hall–Kier alpha value is 1.17. The average molecular weight is 227 g/mol. The molecular formula is C5H13SSb. The van der Waals surface area contributed by atoms with Gasteiger partial charge in [0.15, 0.2) is 0 Å². The predicted molar refractivity (Wildman–Crippen MR) is 40.5 cm³/mol. The first-order valence-electron chi connectivity index (χ1n) is 2.78. The minimum atomic E-state index is -0.129. The van der Waals surface area contributed by atoms with Crippen molar-refractivity contribution in [2.24, 2.45) is 0 Å². The summed E-state index contributed by atoms with van der Waals surface area (Å²) in [6.45, 7) is 2.24. The molecule has 0 spiro atoms. The number of rotatable bonds is 4. The topological polar surface area (TPSA) is 0 Å². The van der Waals surface area contributed by atoms with Crippen molar-refractivity contribution in [3.63, 3.8) is 0 Å². The molecule has 0 aliphatic rings. The second kappa shape index (κ2) is 7.17. The van der Waals surface area contributed by atoms with E-state index in [4.69, 9.17) is 0 Å². The summed E-state index contributed by atoms with van der Waals surface area (Å²) in [7, 11) is 4.26. The third-order valence-electron chi connectivity index (χ3n) is 0.892. The normalized spacial score (nSPS) is 9.43. The number of unbranched alkanes of at least 4 members (excludes halogenated alkanes) is 2. The Morgan fingerprint density at radius 2 is 2.14 bits per heavy atom. The monoisotopic (exact) mass is 226 g/mol. The summed E-state index contributed by atoms with van der Waals surface area (Å²) >= 11 is -0.129. The van der Waals surface area contributed by atoms with E-state index in [0.29, 0.717) is 0 Å². The zero-order valence-electron chi connectivity index (χ0n) is 4.78. The van der Waals surface area contributed by atoms with Crippen LogP contribution in [0.3, 0.4) is 0 Å². The van der Waals surface area contributed by atoms with Crippen molar-refractivity contribution in [3.8, 4) is 0 Å². The van der Waals surface area contributed by atoms with Crippen molar-refractivity contribution in [2.45, 2.75) is 30.6 Å². The van der Waals surface area contributed by atoms with Gasteiger partial charge in [0, 0.05) is 0 Å². The molecule has 0 aliphatic heterocycles. The first-order chi connectivity index (χ1) is 3.41. The fraction of sp³-hybridized carbons (Fsp3) is 1.00. The molecule has 0 aliphatic carbocycles. The average Bonchev–Trinajstić information content (AvgIpc) is 1.69. The van der Waals surface area contributed by atoms with E-state index in [9.17, 15) is 0 Å². The Bertz CT molecular complexity index is 27.3. The van der Waals surface area contributed by atoms with E-state index >= 15 is 0 Å². The minimum absolute atomic E-state index is 0.129. The first-order valence-corrected chi connectivity index (χ1v) is 9.08. The molecule has 0 N–H and O–H groups in total. The summed E-state index contributed by atoms with van der Waals surface area (Å²) in [6.07, 6.45) is 4.21. The molecule has 0 saturated heterocycles. The van der Waals surface area contributed by atoms with E-state index in [0.717, 1.165) is 0 Å². The second-order valence-electron chi connectivity index (χ2n) is 1.62. The maximum atomic E-state index is 4.26. The van der Waals surface area contributed by atoms with Gasteiger partial charge in [-0.1, -0.05) is 0 Å². The molecule has 0 bridgehead atoms. The van der Waals surface area contributed by atoms with Crippen molar-refractivity contribution in [1.29, 1.82) is 0 Å². The molecule has 0 aromatic rings. The van der Waals surface area contributed by atoms with Gasteiger partial charge in [0.05, 0.1) is 0 Å². The van der Waals surface area contributed by atoms with Crippen molar-refractivity contribution in [3.05, 3.63) is 0 Å². The molecule has 7 heavy (non-hydrogen) atoms. The quantitative estimate of drug-likeness (QED) is 0.423. The van der Waals surface area contributed by atoms with Gasteiger partial charge in [0.1, 0.15) is 0 Å². The molecule has 0 atom stereocenters. The summed E-state index contributed by atoms with van der Waals surface area (Å²) < 4.78 is 1.46. The Balaban J connectivity index is 2.45. The summed E-state index contributed by atoms with van der Waals surface area (Å²) in [6, 6.07) is 0. The van der Waals surface area contributed by atoms with Crippen LogP contribution in [0.25, 0.3) is 0 Å². The second-order valence-corrected chi connectivity index (χ2v) is 6.07. The molecule has 0 heterocycles. The van der Waals surface area contributed by atoms with Gasteiger partial charge in [-0.2, -0.15) is 0 Å². The van der Waals surface area contributed by atoms with Crippen LogP contribution in [0, 0.1) is 0 Å². The van der Waals surface area contributed by atoms with Gasteiger partial charge in [0.25, 0.3) is 0 Å². The van der Waals surface area contributed by atoms with Crippen LogP contribution < -0.4 is 0 Å². The number of hydrogen-bond acceptors (Lipinski definition) is 1. The van der Waals surface area contributed by atoms with Gasteiger partial charge in [-0.25, -0.2) is 0 Å². The van der Waals surface area contributed by atoms with Crippen molar-refractivity contribution in [2.75, 3.05) is 0 Å². The van der Waals surface area contributed by atoms with E-state index in [1.165, 1.54) is 23.6 Å². The summed E-state index contributed by atoms with van der Waals surface area (Å²) in [5.74, 6) is 0.